The average molecular weight is 297 g/mol. The molecule has 1 amide bonds. The molecule has 0 aromatic heterocycles. The summed E-state index contributed by atoms with van der Waals surface area (Å²) in [6.45, 7) is 3.75. The number of benzene rings is 2. The van der Waals surface area contributed by atoms with Gasteiger partial charge in [-0.2, -0.15) is 5.10 Å². The first-order valence-corrected chi connectivity index (χ1v) is 6.63. The fourth-order valence-electron chi connectivity index (χ4n) is 1.89. The van der Waals surface area contributed by atoms with E-state index < -0.39 is 10.8 Å². The van der Waals surface area contributed by atoms with Crippen LogP contribution in [-0.2, 0) is 0 Å². The van der Waals surface area contributed by atoms with Crippen molar-refractivity contribution < 1.29 is 9.72 Å². The quantitative estimate of drug-likeness (QED) is 0.534. The van der Waals surface area contributed by atoms with Crippen LogP contribution in [0.3, 0.4) is 0 Å². The number of amides is 1. The van der Waals surface area contributed by atoms with Crippen molar-refractivity contribution in [2.24, 2.45) is 5.10 Å². The molecule has 0 bridgehead atoms. The Morgan fingerprint density at radius 1 is 1.14 bits per heavy atom. The Morgan fingerprint density at radius 3 is 2.50 bits per heavy atom. The molecule has 0 saturated carbocycles. The smallest absolute Gasteiger partial charge is 0.267 e. The van der Waals surface area contributed by atoms with Gasteiger partial charge in [-0.05, 0) is 25.5 Å². The maximum atomic E-state index is 12.0. The van der Waals surface area contributed by atoms with Gasteiger partial charge in [0.1, 0.15) is 0 Å². The van der Waals surface area contributed by atoms with Crippen LogP contribution in [0.4, 0.5) is 5.69 Å². The zero-order chi connectivity index (χ0) is 16.1. The Kier molecular flexibility index (Phi) is 4.63. The lowest BCUT2D eigenvalue weighted by atomic mass is 10.1. The van der Waals surface area contributed by atoms with Gasteiger partial charge >= 0.3 is 0 Å². The van der Waals surface area contributed by atoms with Crippen molar-refractivity contribution in [1.29, 1.82) is 0 Å². The van der Waals surface area contributed by atoms with Crippen LogP contribution in [0.2, 0.25) is 0 Å². The van der Waals surface area contributed by atoms with Crippen LogP contribution in [0.1, 0.15) is 28.4 Å². The number of hydrogen-bond acceptors (Lipinski definition) is 4. The fourth-order valence-corrected chi connectivity index (χ4v) is 1.89. The molecule has 0 heterocycles. The Hall–Kier alpha value is -3.02. The zero-order valence-corrected chi connectivity index (χ0v) is 12.2. The number of hydrogen-bond donors (Lipinski definition) is 1. The molecule has 2 rings (SSSR count). The molecule has 1 N–H and O–H groups in total. The number of aryl methyl sites for hydroxylation is 1. The van der Waals surface area contributed by atoms with Gasteiger partial charge in [-0.25, -0.2) is 5.43 Å². The number of non-ortho nitro benzene ring substituents is 1. The van der Waals surface area contributed by atoms with Crippen LogP contribution in [-0.4, -0.2) is 16.5 Å². The molecular formula is C16H15N3O3. The van der Waals surface area contributed by atoms with Gasteiger partial charge in [-0.3, -0.25) is 14.9 Å². The Morgan fingerprint density at radius 2 is 1.82 bits per heavy atom. The first kappa shape index (κ1) is 15.4. The molecule has 2 aromatic rings. The molecule has 0 saturated heterocycles. The summed E-state index contributed by atoms with van der Waals surface area (Å²) in [7, 11) is 0. The SMILES string of the molecule is C/C(=N\NC(=O)c1cccc([N+](=O)[O-])c1)c1cccc(C)c1. The predicted octanol–water partition coefficient (Wildman–Crippen LogP) is 3.06. The van der Waals surface area contributed by atoms with Gasteiger partial charge in [0, 0.05) is 17.7 Å². The van der Waals surface area contributed by atoms with Crippen molar-refractivity contribution in [1.82, 2.24) is 5.43 Å². The summed E-state index contributed by atoms with van der Waals surface area (Å²) in [6, 6.07) is 13.2. The number of nitro groups is 1. The fraction of sp³-hybridized carbons (Fsp3) is 0.125. The number of rotatable bonds is 4. The van der Waals surface area contributed by atoms with E-state index >= 15 is 0 Å². The summed E-state index contributed by atoms with van der Waals surface area (Å²) >= 11 is 0. The number of nitro benzene ring substituents is 1. The van der Waals surface area contributed by atoms with E-state index in [2.05, 4.69) is 10.5 Å². The third kappa shape index (κ3) is 3.76. The van der Waals surface area contributed by atoms with E-state index in [0.717, 1.165) is 11.1 Å². The number of carbonyl (C=O) groups excluding carboxylic acids is 1. The van der Waals surface area contributed by atoms with E-state index in [1.165, 1.54) is 24.3 Å². The minimum atomic E-state index is -0.544. The van der Waals surface area contributed by atoms with E-state index in [1.807, 2.05) is 31.2 Å². The molecule has 22 heavy (non-hydrogen) atoms. The second-order valence-electron chi connectivity index (χ2n) is 4.82. The molecule has 2 aromatic carbocycles. The molecule has 0 aliphatic heterocycles. The maximum Gasteiger partial charge on any atom is 0.271 e. The topological polar surface area (TPSA) is 84.6 Å². The van der Waals surface area contributed by atoms with Crippen LogP contribution in [0.15, 0.2) is 53.6 Å². The summed E-state index contributed by atoms with van der Waals surface area (Å²) < 4.78 is 0. The largest absolute Gasteiger partial charge is 0.271 e. The van der Waals surface area contributed by atoms with Gasteiger partial charge in [-0.15, -0.1) is 0 Å². The van der Waals surface area contributed by atoms with Crippen molar-refractivity contribution in [3.05, 3.63) is 75.3 Å². The second-order valence-corrected chi connectivity index (χ2v) is 4.82. The molecule has 6 heteroatoms. The van der Waals surface area contributed by atoms with Gasteiger partial charge in [0.2, 0.25) is 0 Å². The molecule has 0 spiro atoms. The van der Waals surface area contributed by atoms with E-state index in [-0.39, 0.29) is 11.3 Å². The minimum Gasteiger partial charge on any atom is -0.267 e. The Labute approximate surface area is 127 Å². The third-order valence-corrected chi connectivity index (χ3v) is 3.08. The van der Waals surface area contributed by atoms with Crippen molar-refractivity contribution in [2.75, 3.05) is 0 Å². The van der Waals surface area contributed by atoms with Gasteiger partial charge in [-0.1, -0.05) is 35.9 Å². The highest BCUT2D eigenvalue weighted by molar-refractivity contribution is 6.01. The summed E-state index contributed by atoms with van der Waals surface area (Å²) in [5.74, 6) is -0.490. The highest BCUT2D eigenvalue weighted by Gasteiger charge is 2.11. The Balaban J connectivity index is 2.13. The van der Waals surface area contributed by atoms with Crippen LogP contribution in [0, 0.1) is 17.0 Å². The van der Waals surface area contributed by atoms with Crippen molar-refractivity contribution in [2.45, 2.75) is 13.8 Å². The molecule has 6 nitrogen and oxygen atoms in total. The molecule has 0 atom stereocenters. The average Bonchev–Trinajstić information content (AvgIpc) is 2.52. The summed E-state index contributed by atoms with van der Waals surface area (Å²) in [4.78, 5) is 22.1. The Bertz CT molecular complexity index is 754. The monoisotopic (exact) mass is 297 g/mol. The van der Waals surface area contributed by atoms with Gasteiger partial charge < -0.3 is 0 Å². The summed E-state index contributed by atoms with van der Waals surface area (Å²) in [5, 5.41) is 14.7. The zero-order valence-electron chi connectivity index (χ0n) is 12.2. The number of hydrazone groups is 1. The number of nitrogens with one attached hydrogen (secondary N) is 1. The third-order valence-electron chi connectivity index (χ3n) is 3.08. The van der Waals surface area contributed by atoms with E-state index in [9.17, 15) is 14.9 Å². The van der Waals surface area contributed by atoms with Gasteiger partial charge in [0.05, 0.1) is 10.6 Å². The van der Waals surface area contributed by atoms with E-state index in [1.54, 1.807) is 6.92 Å². The molecule has 0 fully saturated rings. The highest BCUT2D eigenvalue weighted by atomic mass is 16.6. The number of nitrogens with zero attached hydrogens (tertiary/aromatic N) is 2. The molecule has 0 unspecified atom stereocenters. The van der Waals surface area contributed by atoms with Gasteiger partial charge in [0.25, 0.3) is 11.6 Å². The van der Waals surface area contributed by atoms with E-state index in [4.69, 9.17) is 0 Å². The highest BCUT2D eigenvalue weighted by Crippen LogP contribution is 2.13. The maximum absolute atomic E-state index is 12.0. The first-order valence-electron chi connectivity index (χ1n) is 6.63. The lowest BCUT2D eigenvalue weighted by Gasteiger charge is -2.04. The van der Waals surface area contributed by atoms with Crippen molar-refractivity contribution in [3.63, 3.8) is 0 Å². The minimum absolute atomic E-state index is 0.132. The van der Waals surface area contributed by atoms with E-state index in [0.29, 0.717) is 5.71 Å². The molecular weight excluding hydrogens is 282 g/mol. The standard InChI is InChI=1S/C16H15N3O3/c1-11-5-3-6-13(9-11)12(2)17-18-16(20)14-7-4-8-15(10-14)19(21)22/h3-10H,1-2H3,(H,18,20)/b17-12+. The number of carbonyl (C=O) groups is 1. The first-order chi connectivity index (χ1) is 10.5. The van der Waals surface area contributed by atoms with Crippen LogP contribution >= 0.6 is 0 Å². The second kappa shape index (κ2) is 6.62. The van der Waals surface area contributed by atoms with Crippen molar-refractivity contribution >= 4 is 17.3 Å². The van der Waals surface area contributed by atoms with Crippen molar-refractivity contribution in [3.8, 4) is 0 Å². The van der Waals surface area contributed by atoms with Crippen LogP contribution < -0.4 is 5.43 Å². The van der Waals surface area contributed by atoms with Gasteiger partial charge in [0.15, 0.2) is 0 Å². The lowest BCUT2D eigenvalue weighted by Crippen LogP contribution is -2.19. The van der Waals surface area contributed by atoms with Crippen LogP contribution in [0.5, 0.6) is 0 Å². The predicted molar refractivity (Wildman–Crippen MR) is 84.0 cm³/mol. The molecule has 112 valence electrons. The summed E-state index contributed by atoms with van der Waals surface area (Å²) in [6.07, 6.45) is 0. The lowest BCUT2D eigenvalue weighted by molar-refractivity contribution is -0.384. The molecule has 0 aliphatic rings. The molecule has 0 aliphatic carbocycles. The van der Waals surface area contributed by atoms with Crippen LogP contribution in [0.25, 0.3) is 0 Å². The normalized spacial score (nSPS) is 11.1. The molecule has 0 radical (unpaired) electrons. The summed E-state index contributed by atoms with van der Waals surface area (Å²) in [5.41, 5.74) is 5.12.